The van der Waals surface area contributed by atoms with E-state index in [-0.39, 0.29) is 18.3 Å². The van der Waals surface area contributed by atoms with Crippen molar-refractivity contribution in [3.63, 3.8) is 0 Å². The molecule has 0 radical (unpaired) electrons. The molecule has 0 bridgehead atoms. The molecule has 1 aliphatic carbocycles. The first-order chi connectivity index (χ1) is 9.92. The third kappa shape index (κ3) is 3.47. The largest absolute Gasteiger partial charge is 0.384 e. The summed E-state index contributed by atoms with van der Waals surface area (Å²) in [5.41, 5.74) is 1.69. The van der Waals surface area contributed by atoms with Gasteiger partial charge < -0.3 is 4.74 Å². The predicted molar refractivity (Wildman–Crippen MR) is 81.9 cm³/mol. The fraction of sp³-hybridized carbons (Fsp3) is 0.533. The van der Waals surface area contributed by atoms with Gasteiger partial charge in [-0.3, -0.25) is 4.79 Å². The molecule has 0 unspecified atom stereocenters. The highest BCUT2D eigenvalue weighted by Crippen LogP contribution is 2.46. The SMILES string of the molecule is CCc1ccc(C(=O)Cl)c(C2CC2)c1S(=O)(=O)CCOC. The maximum Gasteiger partial charge on any atom is 0.252 e. The summed E-state index contributed by atoms with van der Waals surface area (Å²) in [6, 6.07) is 3.35. The van der Waals surface area contributed by atoms with Gasteiger partial charge in [-0.25, -0.2) is 8.42 Å². The van der Waals surface area contributed by atoms with Gasteiger partial charge in [-0.15, -0.1) is 0 Å². The van der Waals surface area contributed by atoms with E-state index in [1.54, 1.807) is 12.1 Å². The van der Waals surface area contributed by atoms with Gasteiger partial charge >= 0.3 is 0 Å². The van der Waals surface area contributed by atoms with Gasteiger partial charge in [0.1, 0.15) is 0 Å². The molecule has 0 aliphatic heterocycles. The average Bonchev–Trinajstić information content (AvgIpc) is 3.27. The lowest BCUT2D eigenvalue weighted by molar-refractivity contribution is 0.108. The summed E-state index contributed by atoms with van der Waals surface area (Å²) in [6.45, 7) is 2.04. The van der Waals surface area contributed by atoms with Crippen molar-refractivity contribution in [3.05, 3.63) is 28.8 Å². The number of hydrogen-bond donors (Lipinski definition) is 0. The van der Waals surface area contributed by atoms with Gasteiger partial charge in [-0.05, 0) is 54.0 Å². The summed E-state index contributed by atoms with van der Waals surface area (Å²) >= 11 is 5.64. The molecule has 1 aromatic carbocycles. The van der Waals surface area contributed by atoms with E-state index in [0.717, 1.165) is 18.4 Å². The van der Waals surface area contributed by atoms with Crippen LogP contribution in [0.3, 0.4) is 0 Å². The van der Waals surface area contributed by atoms with Crippen LogP contribution in [0.4, 0.5) is 0 Å². The van der Waals surface area contributed by atoms with Crippen LogP contribution in [0.25, 0.3) is 0 Å². The van der Waals surface area contributed by atoms with E-state index in [2.05, 4.69) is 0 Å². The quantitative estimate of drug-likeness (QED) is 0.721. The van der Waals surface area contributed by atoms with Gasteiger partial charge in [-0.1, -0.05) is 13.0 Å². The molecule has 6 heteroatoms. The Morgan fingerprint density at radius 1 is 1.38 bits per heavy atom. The number of sulfone groups is 1. The van der Waals surface area contributed by atoms with Crippen molar-refractivity contribution in [3.8, 4) is 0 Å². The van der Waals surface area contributed by atoms with Gasteiger partial charge in [0.05, 0.1) is 17.3 Å². The van der Waals surface area contributed by atoms with E-state index in [1.807, 2.05) is 6.92 Å². The van der Waals surface area contributed by atoms with E-state index in [1.165, 1.54) is 7.11 Å². The number of aryl methyl sites for hydroxylation is 1. The van der Waals surface area contributed by atoms with Gasteiger partial charge in [0.2, 0.25) is 0 Å². The Kier molecular flexibility index (Phi) is 5.07. The van der Waals surface area contributed by atoms with Gasteiger partial charge in [0, 0.05) is 12.7 Å². The van der Waals surface area contributed by atoms with E-state index >= 15 is 0 Å². The minimum atomic E-state index is -3.49. The average molecular weight is 331 g/mol. The molecular formula is C15H19ClO4S. The smallest absolute Gasteiger partial charge is 0.252 e. The lowest BCUT2D eigenvalue weighted by Gasteiger charge is -2.17. The van der Waals surface area contributed by atoms with E-state index in [9.17, 15) is 13.2 Å². The molecule has 0 spiro atoms. The summed E-state index contributed by atoms with van der Waals surface area (Å²) in [6.07, 6.45) is 2.40. The summed E-state index contributed by atoms with van der Waals surface area (Å²) in [5.74, 6) is 0.0393. The zero-order chi connectivity index (χ0) is 15.6. The predicted octanol–water partition coefficient (Wildman–Crippen LogP) is 2.93. The molecule has 21 heavy (non-hydrogen) atoms. The van der Waals surface area contributed by atoms with Gasteiger partial charge in [0.25, 0.3) is 5.24 Å². The number of benzene rings is 1. The minimum Gasteiger partial charge on any atom is -0.384 e. The van der Waals surface area contributed by atoms with Crippen LogP contribution in [0.1, 0.15) is 47.2 Å². The molecule has 4 nitrogen and oxygen atoms in total. The third-order valence-electron chi connectivity index (χ3n) is 3.72. The van der Waals surface area contributed by atoms with Crippen molar-refractivity contribution in [1.82, 2.24) is 0 Å². The molecule has 2 rings (SSSR count). The van der Waals surface area contributed by atoms with Crippen molar-refractivity contribution < 1.29 is 17.9 Å². The second-order valence-corrected chi connectivity index (χ2v) is 7.62. The number of carbonyl (C=O) groups excluding carboxylic acids is 1. The standard InChI is InChI=1S/C15H19ClO4S/c1-3-10-6-7-12(15(16)17)13(11-4-5-11)14(10)21(18,19)9-8-20-2/h6-7,11H,3-5,8-9H2,1-2H3. The third-order valence-corrected chi connectivity index (χ3v) is 5.73. The van der Waals surface area contributed by atoms with Crippen LogP contribution < -0.4 is 0 Å². The van der Waals surface area contributed by atoms with Crippen LogP contribution in [0.15, 0.2) is 17.0 Å². The molecule has 0 saturated heterocycles. The first-order valence-electron chi connectivity index (χ1n) is 6.99. The molecule has 0 N–H and O–H groups in total. The molecule has 0 atom stereocenters. The van der Waals surface area contributed by atoms with Crippen LogP contribution in [0.2, 0.25) is 0 Å². The van der Waals surface area contributed by atoms with E-state index in [0.29, 0.717) is 22.4 Å². The first kappa shape index (κ1) is 16.5. The van der Waals surface area contributed by atoms with Crippen molar-refractivity contribution in [2.45, 2.75) is 37.0 Å². The summed E-state index contributed by atoms with van der Waals surface area (Å²) in [5, 5.41) is -0.595. The van der Waals surface area contributed by atoms with E-state index < -0.39 is 15.1 Å². The second kappa shape index (κ2) is 6.46. The second-order valence-electron chi connectivity index (χ2n) is 5.23. The molecule has 116 valence electrons. The highest BCUT2D eigenvalue weighted by Gasteiger charge is 2.35. The maximum absolute atomic E-state index is 12.7. The molecular weight excluding hydrogens is 312 g/mol. The van der Waals surface area contributed by atoms with Gasteiger partial charge in [0.15, 0.2) is 9.84 Å². The Bertz CT molecular complexity index is 648. The number of ether oxygens (including phenoxy) is 1. The maximum atomic E-state index is 12.7. The molecule has 0 amide bonds. The molecule has 1 aromatic rings. The Labute approximate surface area is 130 Å². The van der Waals surface area contributed by atoms with Crippen LogP contribution >= 0.6 is 11.6 Å². The van der Waals surface area contributed by atoms with Crippen molar-refractivity contribution in [2.24, 2.45) is 0 Å². The van der Waals surface area contributed by atoms with Crippen LogP contribution in [-0.4, -0.2) is 33.1 Å². The number of methoxy groups -OCH3 is 1. The lowest BCUT2D eigenvalue weighted by Crippen LogP contribution is -2.17. The van der Waals surface area contributed by atoms with Crippen molar-refractivity contribution in [2.75, 3.05) is 19.5 Å². The zero-order valence-electron chi connectivity index (χ0n) is 12.2. The highest BCUT2D eigenvalue weighted by molar-refractivity contribution is 7.91. The Morgan fingerprint density at radius 2 is 2.05 bits per heavy atom. The number of rotatable bonds is 7. The monoisotopic (exact) mass is 330 g/mol. The Hall–Kier alpha value is -0.910. The first-order valence-corrected chi connectivity index (χ1v) is 9.02. The summed E-state index contributed by atoms with van der Waals surface area (Å²) in [4.78, 5) is 11.9. The van der Waals surface area contributed by atoms with Crippen molar-refractivity contribution >= 4 is 26.7 Å². The Morgan fingerprint density at radius 3 is 2.52 bits per heavy atom. The lowest BCUT2D eigenvalue weighted by atomic mass is 9.99. The molecule has 0 aromatic heterocycles. The van der Waals surface area contributed by atoms with E-state index in [4.69, 9.17) is 16.3 Å². The highest BCUT2D eigenvalue weighted by atomic mass is 35.5. The fourth-order valence-electron chi connectivity index (χ4n) is 2.53. The number of halogens is 1. The summed E-state index contributed by atoms with van der Waals surface area (Å²) < 4.78 is 30.2. The van der Waals surface area contributed by atoms with Crippen LogP contribution in [0.5, 0.6) is 0 Å². The molecule has 1 aliphatic rings. The minimum absolute atomic E-state index is 0.0872. The topological polar surface area (TPSA) is 60.4 Å². The number of carbonyl (C=O) groups is 1. The Balaban J connectivity index is 2.66. The molecule has 1 fully saturated rings. The number of hydrogen-bond acceptors (Lipinski definition) is 4. The zero-order valence-corrected chi connectivity index (χ0v) is 13.8. The molecule has 1 saturated carbocycles. The summed E-state index contributed by atoms with van der Waals surface area (Å²) in [7, 11) is -2.02. The fourth-order valence-corrected chi connectivity index (χ4v) is 4.51. The van der Waals surface area contributed by atoms with Crippen LogP contribution in [-0.2, 0) is 21.0 Å². The van der Waals surface area contributed by atoms with Gasteiger partial charge in [-0.2, -0.15) is 0 Å². The molecule has 0 heterocycles. The van der Waals surface area contributed by atoms with Crippen molar-refractivity contribution in [1.29, 1.82) is 0 Å². The van der Waals surface area contributed by atoms with Crippen LogP contribution in [0, 0.1) is 0 Å². The normalized spacial score (nSPS) is 15.2.